The van der Waals surface area contributed by atoms with Crippen LogP contribution in [-0.4, -0.2) is 11.6 Å². The molecule has 3 nitrogen and oxygen atoms in total. The minimum Gasteiger partial charge on any atom is -0.397 e. The van der Waals surface area contributed by atoms with Crippen LogP contribution >= 0.6 is 34.2 Å². The smallest absolute Gasteiger partial charge is 0.195 e. The van der Waals surface area contributed by atoms with Gasteiger partial charge in [-0.15, -0.1) is 0 Å². The Morgan fingerprint density at radius 1 is 1.00 bits per heavy atom. The average molecular weight is 384 g/mol. The molecule has 0 saturated heterocycles. The molecule has 2 aromatic rings. The standard InChI is InChI=1S/C14H7ClINO2/c15-9-5-8-10(11(16)12(9)17)14(19)7-4-2-1-3-6(7)13(8)18/h1-5H,17H2. The molecule has 1 aliphatic carbocycles. The average Bonchev–Trinajstić information content (AvgIpc) is 2.42. The molecule has 0 aliphatic heterocycles. The summed E-state index contributed by atoms with van der Waals surface area (Å²) in [6.45, 7) is 0. The van der Waals surface area contributed by atoms with E-state index in [1.807, 2.05) is 22.6 Å². The molecule has 3 rings (SSSR count). The highest BCUT2D eigenvalue weighted by atomic mass is 127. The van der Waals surface area contributed by atoms with Crippen molar-refractivity contribution in [1.29, 1.82) is 0 Å². The van der Waals surface area contributed by atoms with Gasteiger partial charge in [-0.3, -0.25) is 9.59 Å². The van der Waals surface area contributed by atoms with Crippen molar-refractivity contribution in [2.75, 3.05) is 5.73 Å². The zero-order valence-electron chi connectivity index (χ0n) is 9.54. The van der Waals surface area contributed by atoms with Crippen LogP contribution in [0.5, 0.6) is 0 Å². The van der Waals surface area contributed by atoms with Gasteiger partial charge >= 0.3 is 0 Å². The molecule has 94 valence electrons. The number of anilines is 1. The van der Waals surface area contributed by atoms with Crippen LogP contribution in [0.3, 0.4) is 0 Å². The lowest BCUT2D eigenvalue weighted by Crippen LogP contribution is -2.22. The van der Waals surface area contributed by atoms with Crippen LogP contribution < -0.4 is 5.73 Å². The van der Waals surface area contributed by atoms with E-state index in [1.165, 1.54) is 6.07 Å². The second-order valence-electron chi connectivity index (χ2n) is 4.21. The van der Waals surface area contributed by atoms with Gasteiger partial charge in [0.1, 0.15) is 0 Å². The first-order valence-electron chi connectivity index (χ1n) is 5.48. The van der Waals surface area contributed by atoms with Crippen LogP contribution in [0.15, 0.2) is 30.3 Å². The number of nitrogens with two attached hydrogens (primary N) is 1. The van der Waals surface area contributed by atoms with Gasteiger partial charge in [-0.2, -0.15) is 0 Å². The van der Waals surface area contributed by atoms with Crippen molar-refractivity contribution in [2.45, 2.75) is 0 Å². The molecule has 0 fully saturated rings. The van der Waals surface area contributed by atoms with Crippen molar-refractivity contribution >= 4 is 51.4 Å². The van der Waals surface area contributed by atoms with E-state index in [-0.39, 0.29) is 11.6 Å². The van der Waals surface area contributed by atoms with Crippen LogP contribution in [0, 0.1) is 3.57 Å². The molecule has 0 aromatic heterocycles. The van der Waals surface area contributed by atoms with Crippen molar-refractivity contribution in [2.24, 2.45) is 0 Å². The maximum atomic E-state index is 12.5. The molecule has 0 bridgehead atoms. The third kappa shape index (κ3) is 1.70. The van der Waals surface area contributed by atoms with Gasteiger partial charge in [0.2, 0.25) is 0 Å². The van der Waals surface area contributed by atoms with Crippen molar-refractivity contribution in [1.82, 2.24) is 0 Å². The van der Waals surface area contributed by atoms with E-state index in [0.717, 1.165) is 0 Å². The number of nitrogen functional groups attached to an aromatic ring is 1. The fourth-order valence-electron chi connectivity index (χ4n) is 2.19. The molecule has 0 radical (unpaired) electrons. The van der Waals surface area contributed by atoms with Gasteiger partial charge in [-0.25, -0.2) is 0 Å². The summed E-state index contributed by atoms with van der Waals surface area (Å²) in [7, 11) is 0. The zero-order chi connectivity index (χ0) is 13.7. The molecular formula is C14H7ClINO2. The van der Waals surface area contributed by atoms with Crippen molar-refractivity contribution in [3.05, 3.63) is 61.2 Å². The van der Waals surface area contributed by atoms with E-state index in [2.05, 4.69) is 0 Å². The molecule has 0 atom stereocenters. The largest absolute Gasteiger partial charge is 0.397 e. The highest BCUT2D eigenvalue weighted by molar-refractivity contribution is 14.1. The first kappa shape index (κ1) is 12.6. The summed E-state index contributed by atoms with van der Waals surface area (Å²) in [5.41, 5.74) is 7.67. The summed E-state index contributed by atoms with van der Waals surface area (Å²) in [6.07, 6.45) is 0. The lowest BCUT2D eigenvalue weighted by atomic mass is 9.84. The Morgan fingerprint density at radius 2 is 1.58 bits per heavy atom. The first-order valence-corrected chi connectivity index (χ1v) is 6.94. The predicted octanol–water partition coefficient (Wildman–Crippen LogP) is 3.30. The van der Waals surface area contributed by atoms with Crippen LogP contribution in [0.2, 0.25) is 5.02 Å². The Morgan fingerprint density at radius 3 is 2.21 bits per heavy atom. The maximum absolute atomic E-state index is 12.5. The van der Waals surface area contributed by atoms with E-state index in [9.17, 15) is 9.59 Å². The Labute approximate surface area is 127 Å². The molecule has 0 amide bonds. The Kier molecular flexibility index (Phi) is 2.87. The number of fused-ring (bicyclic) bond motifs is 2. The van der Waals surface area contributed by atoms with Crippen LogP contribution in [0.1, 0.15) is 31.8 Å². The molecule has 0 spiro atoms. The maximum Gasteiger partial charge on any atom is 0.195 e. The number of rotatable bonds is 0. The number of hydrogen-bond donors (Lipinski definition) is 1. The van der Waals surface area contributed by atoms with Crippen LogP contribution in [-0.2, 0) is 0 Å². The van der Waals surface area contributed by atoms with Gasteiger partial charge in [0, 0.05) is 25.8 Å². The minimum absolute atomic E-state index is 0.182. The van der Waals surface area contributed by atoms with Crippen molar-refractivity contribution in [3.63, 3.8) is 0 Å². The molecule has 5 heteroatoms. The second-order valence-corrected chi connectivity index (χ2v) is 5.70. The number of ketones is 2. The van der Waals surface area contributed by atoms with Gasteiger partial charge < -0.3 is 5.73 Å². The molecular weight excluding hydrogens is 377 g/mol. The molecule has 0 unspecified atom stereocenters. The number of carbonyl (C=O) groups is 2. The molecule has 0 saturated carbocycles. The highest BCUT2D eigenvalue weighted by Gasteiger charge is 2.32. The molecule has 0 heterocycles. The number of benzene rings is 2. The summed E-state index contributed by atoms with van der Waals surface area (Å²) in [5.74, 6) is -0.372. The van der Waals surface area contributed by atoms with Gasteiger partial charge in [-0.1, -0.05) is 35.9 Å². The minimum atomic E-state index is -0.190. The first-order chi connectivity index (χ1) is 9.02. The Bertz CT molecular complexity index is 755. The molecule has 2 aromatic carbocycles. The van der Waals surface area contributed by atoms with E-state index < -0.39 is 0 Å². The van der Waals surface area contributed by atoms with Gasteiger partial charge in [-0.05, 0) is 28.7 Å². The topological polar surface area (TPSA) is 60.2 Å². The lowest BCUT2D eigenvalue weighted by molar-refractivity contribution is 0.0978. The molecule has 2 N–H and O–H groups in total. The molecule has 19 heavy (non-hydrogen) atoms. The van der Waals surface area contributed by atoms with Crippen molar-refractivity contribution in [3.8, 4) is 0 Å². The Balaban J connectivity index is 2.40. The van der Waals surface area contributed by atoms with Crippen molar-refractivity contribution < 1.29 is 9.59 Å². The zero-order valence-corrected chi connectivity index (χ0v) is 12.4. The summed E-state index contributed by atoms with van der Waals surface area (Å²) < 4.78 is 0.535. The van der Waals surface area contributed by atoms with Gasteiger partial charge in [0.05, 0.1) is 10.7 Å². The van der Waals surface area contributed by atoms with E-state index in [4.69, 9.17) is 17.3 Å². The quantitative estimate of drug-likeness (QED) is 0.479. The monoisotopic (exact) mass is 383 g/mol. The van der Waals surface area contributed by atoms with E-state index >= 15 is 0 Å². The Hall–Kier alpha value is -1.40. The third-order valence-corrected chi connectivity index (χ3v) is 4.57. The fourth-order valence-corrected chi connectivity index (χ4v) is 3.38. The van der Waals surface area contributed by atoms with E-state index in [1.54, 1.807) is 24.3 Å². The highest BCUT2D eigenvalue weighted by Crippen LogP contribution is 2.36. The summed E-state index contributed by atoms with van der Waals surface area (Å²) in [6, 6.07) is 8.25. The van der Waals surface area contributed by atoms with Crippen LogP contribution in [0.4, 0.5) is 5.69 Å². The predicted molar refractivity (Wildman–Crippen MR) is 81.9 cm³/mol. The number of halogens is 2. The van der Waals surface area contributed by atoms with Crippen LogP contribution in [0.25, 0.3) is 0 Å². The SMILES string of the molecule is Nc1c(Cl)cc2c(c1I)C(=O)c1ccccc1C2=O. The molecule has 1 aliphatic rings. The normalized spacial score (nSPS) is 13.2. The summed E-state index contributed by atoms with van der Waals surface area (Å²) >= 11 is 7.95. The number of carbonyl (C=O) groups excluding carboxylic acids is 2. The number of hydrogen-bond acceptors (Lipinski definition) is 3. The second kappa shape index (κ2) is 4.31. The summed E-state index contributed by atoms with van der Waals surface area (Å²) in [4.78, 5) is 24.9. The van der Waals surface area contributed by atoms with E-state index in [0.29, 0.717) is 36.5 Å². The van der Waals surface area contributed by atoms with Gasteiger partial charge in [0.15, 0.2) is 11.6 Å². The van der Waals surface area contributed by atoms with Gasteiger partial charge in [0.25, 0.3) is 0 Å². The summed E-state index contributed by atoms with van der Waals surface area (Å²) in [5, 5.41) is 0.295. The third-order valence-electron chi connectivity index (χ3n) is 3.14. The lowest BCUT2D eigenvalue weighted by Gasteiger charge is -2.19. The fraction of sp³-hybridized carbons (Fsp3) is 0.